The number of rotatable bonds is 4. The van der Waals surface area contributed by atoms with Crippen LogP contribution in [0, 0.1) is 0 Å². The van der Waals surface area contributed by atoms with Gasteiger partial charge in [-0.15, -0.1) is 0 Å². The molecule has 0 aliphatic carbocycles. The van der Waals surface area contributed by atoms with Crippen LogP contribution in [0.1, 0.15) is 42.9 Å². The molecule has 6 nitrogen and oxygen atoms in total. The molecule has 0 saturated heterocycles. The maximum absolute atomic E-state index is 12.3. The van der Waals surface area contributed by atoms with Crippen LogP contribution in [0.25, 0.3) is 0 Å². The summed E-state index contributed by atoms with van der Waals surface area (Å²) in [6.07, 6.45) is 4.29. The second-order valence-electron chi connectivity index (χ2n) is 4.74. The van der Waals surface area contributed by atoms with E-state index in [0.717, 1.165) is 12.0 Å². The Morgan fingerprint density at radius 2 is 2.32 bits per heavy atom. The fraction of sp³-hybridized carbons (Fsp3) is 0.385. The summed E-state index contributed by atoms with van der Waals surface area (Å²) in [6.45, 7) is 6.02. The number of aromatic amines is 1. The van der Waals surface area contributed by atoms with Gasteiger partial charge in [-0.3, -0.25) is 9.89 Å². The fourth-order valence-corrected chi connectivity index (χ4v) is 1.97. The molecule has 0 unspecified atom stereocenters. The Kier molecular flexibility index (Phi) is 3.59. The summed E-state index contributed by atoms with van der Waals surface area (Å²) < 4.78 is 1.85. The Bertz CT molecular complexity index is 582. The molecule has 102 valence electrons. The highest BCUT2D eigenvalue weighted by Crippen LogP contribution is 2.19. The lowest BCUT2D eigenvalue weighted by molar-refractivity contribution is 0.101. The van der Waals surface area contributed by atoms with Gasteiger partial charge in [-0.05, 0) is 26.3 Å². The van der Waals surface area contributed by atoms with E-state index in [4.69, 9.17) is 5.73 Å². The van der Waals surface area contributed by atoms with Crippen molar-refractivity contribution in [3.05, 3.63) is 29.7 Å². The van der Waals surface area contributed by atoms with Gasteiger partial charge in [0.2, 0.25) is 0 Å². The first-order chi connectivity index (χ1) is 9.02. The van der Waals surface area contributed by atoms with Crippen molar-refractivity contribution in [1.82, 2.24) is 14.8 Å². The maximum atomic E-state index is 12.3. The van der Waals surface area contributed by atoms with Crippen molar-refractivity contribution in [2.45, 2.75) is 33.2 Å². The van der Waals surface area contributed by atoms with Crippen molar-refractivity contribution >= 4 is 17.4 Å². The van der Waals surface area contributed by atoms with Crippen molar-refractivity contribution in [3.63, 3.8) is 0 Å². The molecule has 2 heterocycles. The molecule has 0 spiro atoms. The summed E-state index contributed by atoms with van der Waals surface area (Å²) in [5.74, 6) is 0.451. The van der Waals surface area contributed by atoms with Crippen LogP contribution in [0.5, 0.6) is 0 Å². The number of nitrogens with two attached hydrogens (primary N) is 1. The van der Waals surface area contributed by atoms with E-state index in [1.165, 1.54) is 0 Å². The molecule has 4 N–H and O–H groups in total. The third kappa shape index (κ3) is 2.62. The summed E-state index contributed by atoms with van der Waals surface area (Å²) in [5, 5.41) is 9.55. The zero-order valence-electron chi connectivity index (χ0n) is 11.4. The third-order valence-corrected chi connectivity index (χ3v) is 3.00. The van der Waals surface area contributed by atoms with E-state index in [1.807, 2.05) is 25.3 Å². The lowest BCUT2D eigenvalue weighted by Crippen LogP contribution is -2.18. The van der Waals surface area contributed by atoms with E-state index in [-0.39, 0.29) is 11.9 Å². The number of amides is 1. The van der Waals surface area contributed by atoms with Crippen LogP contribution < -0.4 is 11.1 Å². The zero-order valence-corrected chi connectivity index (χ0v) is 11.4. The summed E-state index contributed by atoms with van der Waals surface area (Å²) in [7, 11) is 0. The van der Waals surface area contributed by atoms with E-state index in [9.17, 15) is 4.79 Å². The van der Waals surface area contributed by atoms with Crippen molar-refractivity contribution in [1.29, 1.82) is 0 Å². The van der Waals surface area contributed by atoms with E-state index < -0.39 is 0 Å². The van der Waals surface area contributed by atoms with Gasteiger partial charge < -0.3 is 15.6 Å². The Hall–Kier alpha value is -2.24. The number of H-pyrrole nitrogens is 1. The van der Waals surface area contributed by atoms with E-state index in [1.54, 1.807) is 18.5 Å². The normalized spacial score (nSPS) is 10.9. The summed E-state index contributed by atoms with van der Waals surface area (Å²) in [4.78, 5) is 12.3. The number of carbonyl (C=O) groups is 1. The average Bonchev–Trinajstić information content (AvgIpc) is 2.95. The van der Waals surface area contributed by atoms with Crippen molar-refractivity contribution < 1.29 is 4.79 Å². The minimum absolute atomic E-state index is 0.172. The number of aromatic nitrogens is 3. The molecule has 1 amide bonds. The van der Waals surface area contributed by atoms with Crippen LogP contribution in [0.2, 0.25) is 0 Å². The number of nitrogen functional groups attached to an aromatic ring is 1. The van der Waals surface area contributed by atoms with E-state index >= 15 is 0 Å². The number of nitrogens with one attached hydrogen (secondary N) is 2. The molecule has 0 radical (unpaired) electrons. The predicted octanol–water partition coefficient (Wildman–Crippen LogP) is 2.19. The van der Waals surface area contributed by atoms with E-state index in [0.29, 0.717) is 17.2 Å². The SMILES string of the molecule is CCc1cn[nH]c1NC(=O)c1cc(N)cn1C(C)C. The van der Waals surface area contributed by atoms with Crippen LogP contribution >= 0.6 is 0 Å². The van der Waals surface area contributed by atoms with Crippen molar-refractivity contribution in [2.24, 2.45) is 0 Å². The van der Waals surface area contributed by atoms with Gasteiger partial charge in [0.15, 0.2) is 0 Å². The number of nitrogens with zero attached hydrogens (tertiary/aromatic N) is 2. The number of hydrogen-bond donors (Lipinski definition) is 3. The Morgan fingerprint density at radius 1 is 1.58 bits per heavy atom. The lowest BCUT2D eigenvalue weighted by atomic mass is 10.2. The van der Waals surface area contributed by atoms with Gasteiger partial charge in [0.25, 0.3) is 5.91 Å². The van der Waals surface area contributed by atoms with Crippen molar-refractivity contribution in [2.75, 3.05) is 11.1 Å². The topological polar surface area (TPSA) is 88.7 Å². The van der Waals surface area contributed by atoms with Crippen LogP contribution in [-0.4, -0.2) is 20.7 Å². The van der Waals surface area contributed by atoms with Gasteiger partial charge >= 0.3 is 0 Å². The maximum Gasteiger partial charge on any atom is 0.273 e. The lowest BCUT2D eigenvalue weighted by Gasteiger charge is -2.12. The molecule has 2 rings (SSSR count). The average molecular weight is 261 g/mol. The molecule has 0 aromatic carbocycles. The van der Waals surface area contributed by atoms with E-state index in [2.05, 4.69) is 15.5 Å². The first kappa shape index (κ1) is 13.2. The molecule has 19 heavy (non-hydrogen) atoms. The van der Waals surface area contributed by atoms with Crippen LogP contribution in [-0.2, 0) is 6.42 Å². The molecule has 0 saturated carbocycles. The van der Waals surface area contributed by atoms with Gasteiger partial charge in [-0.1, -0.05) is 6.92 Å². The molecule has 0 bridgehead atoms. The number of hydrogen-bond acceptors (Lipinski definition) is 3. The Morgan fingerprint density at radius 3 is 2.95 bits per heavy atom. The second-order valence-corrected chi connectivity index (χ2v) is 4.74. The number of anilines is 2. The zero-order chi connectivity index (χ0) is 14.0. The molecular formula is C13H19N5O. The van der Waals surface area contributed by atoms with Gasteiger partial charge in [0, 0.05) is 17.8 Å². The Labute approximate surface area is 112 Å². The van der Waals surface area contributed by atoms with Gasteiger partial charge in [-0.25, -0.2) is 0 Å². The van der Waals surface area contributed by atoms with Crippen LogP contribution in [0.4, 0.5) is 11.5 Å². The van der Waals surface area contributed by atoms with Crippen LogP contribution in [0.3, 0.4) is 0 Å². The fourth-order valence-electron chi connectivity index (χ4n) is 1.97. The van der Waals surface area contributed by atoms with Gasteiger partial charge in [0.1, 0.15) is 11.5 Å². The highest BCUT2D eigenvalue weighted by Gasteiger charge is 2.16. The molecule has 2 aromatic rings. The summed E-state index contributed by atoms with van der Waals surface area (Å²) >= 11 is 0. The second kappa shape index (κ2) is 5.17. The van der Waals surface area contributed by atoms with Gasteiger partial charge in [0.05, 0.1) is 11.9 Å². The molecular weight excluding hydrogens is 242 g/mol. The monoisotopic (exact) mass is 261 g/mol. The molecule has 0 atom stereocenters. The summed E-state index contributed by atoms with van der Waals surface area (Å²) in [5.41, 5.74) is 7.87. The molecule has 0 aliphatic rings. The molecule has 2 aromatic heterocycles. The first-order valence-corrected chi connectivity index (χ1v) is 6.33. The highest BCUT2D eigenvalue weighted by molar-refractivity contribution is 6.03. The third-order valence-electron chi connectivity index (χ3n) is 3.00. The largest absolute Gasteiger partial charge is 0.397 e. The number of aryl methyl sites for hydroxylation is 1. The van der Waals surface area contributed by atoms with Crippen LogP contribution in [0.15, 0.2) is 18.5 Å². The molecule has 6 heteroatoms. The van der Waals surface area contributed by atoms with Crippen molar-refractivity contribution in [3.8, 4) is 0 Å². The quantitative estimate of drug-likeness (QED) is 0.788. The summed E-state index contributed by atoms with van der Waals surface area (Å²) in [6, 6.07) is 1.85. The van der Waals surface area contributed by atoms with Gasteiger partial charge in [-0.2, -0.15) is 5.10 Å². The number of carbonyl (C=O) groups excluding carboxylic acids is 1. The molecule has 0 aliphatic heterocycles. The first-order valence-electron chi connectivity index (χ1n) is 6.33. The smallest absolute Gasteiger partial charge is 0.273 e. The standard InChI is InChI=1S/C13H19N5O/c1-4-9-6-15-17-12(9)16-13(19)11-5-10(14)7-18(11)8(2)3/h5-8H,4,14H2,1-3H3,(H2,15,16,17,19). The highest BCUT2D eigenvalue weighted by atomic mass is 16.2. The molecule has 0 fully saturated rings. The Balaban J connectivity index is 2.25. The minimum atomic E-state index is -0.190. The predicted molar refractivity (Wildman–Crippen MR) is 75.1 cm³/mol. The minimum Gasteiger partial charge on any atom is -0.397 e.